The van der Waals surface area contributed by atoms with Crippen LogP contribution in [-0.4, -0.2) is 32.7 Å². The smallest absolute Gasteiger partial charge is 0.296 e. The molecule has 0 aliphatic carbocycles. The van der Waals surface area contributed by atoms with Gasteiger partial charge in [-0.3, -0.25) is 4.98 Å². The van der Waals surface area contributed by atoms with Crippen molar-refractivity contribution < 1.29 is 8.95 Å². The Morgan fingerprint density at radius 1 is 1.47 bits per heavy atom. The minimum Gasteiger partial charge on any atom is -0.462 e. The minimum absolute atomic E-state index is 0.253. The molecule has 102 valence electrons. The van der Waals surface area contributed by atoms with Crippen LogP contribution in [0.3, 0.4) is 0 Å². The van der Waals surface area contributed by atoms with E-state index in [0.717, 1.165) is 11.3 Å². The molecule has 2 heterocycles. The maximum atomic E-state index is 12.0. The van der Waals surface area contributed by atoms with Gasteiger partial charge in [0.2, 0.25) is 5.13 Å². The van der Waals surface area contributed by atoms with Crippen LogP contribution in [0.15, 0.2) is 27.6 Å². The molecule has 0 saturated heterocycles. The summed E-state index contributed by atoms with van der Waals surface area (Å²) in [5.74, 6) is 0. The molecule has 0 fully saturated rings. The largest absolute Gasteiger partial charge is 0.462 e. The summed E-state index contributed by atoms with van der Waals surface area (Å²) in [6.45, 7) is 0.253. The van der Waals surface area contributed by atoms with E-state index in [4.69, 9.17) is 10.5 Å². The van der Waals surface area contributed by atoms with Crippen LogP contribution >= 0.6 is 11.3 Å². The first kappa shape index (κ1) is 13.7. The van der Waals surface area contributed by atoms with E-state index < -0.39 is 9.73 Å². The number of nitrogens with zero attached hydrogens (tertiary/aromatic N) is 4. The van der Waals surface area contributed by atoms with Crippen molar-refractivity contribution in [2.24, 2.45) is 4.36 Å². The summed E-state index contributed by atoms with van der Waals surface area (Å²) in [6, 6.07) is 3.48. The Hall–Kier alpha value is -1.74. The first-order chi connectivity index (χ1) is 9.01. The van der Waals surface area contributed by atoms with Gasteiger partial charge in [-0.1, -0.05) is 5.10 Å². The fourth-order valence-corrected chi connectivity index (χ4v) is 2.48. The van der Waals surface area contributed by atoms with Crippen molar-refractivity contribution in [1.82, 2.24) is 15.2 Å². The van der Waals surface area contributed by atoms with Crippen LogP contribution in [0.5, 0.6) is 5.19 Å². The van der Waals surface area contributed by atoms with E-state index in [1.807, 2.05) is 0 Å². The maximum Gasteiger partial charge on any atom is 0.296 e. The number of anilines is 1. The number of hydrogen-bond donors (Lipinski definition) is 1. The molecule has 0 spiro atoms. The number of pyridine rings is 1. The van der Waals surface area contributed by atoms with E-state index >= 15 is 0 Å². The lowest BCUT2D eigenvalue weighted by molar-refractivity contribution is 0.297. The predicted molar refractivity (Wildman–Crippen MR) is 73.6 cm³/mol. The Kier molecular flexibility index (Phi) is 3.96. The summed E-state index contributed by atoms with van der Waals surface area (Å²) in [4.78, 5) is 4.77. The molecule has 2 rings (SSSR count). The van der Waals surface area contributed by atoms with Gasteiger partial charge in [0.05, 0.1) is 20.3 Å². The Bertz CT molecular complexity index is 673. The third-order valence-corrected chi connectivity index (χ3v) is 4.83. The van der Waals surface area contributed by atoms with Crippen LogP contribution in [0.4, 0.5) is 5.13 Å². The highest BCUT2D eigenvalue weighted by molar-refractivity contribution is 7.93. The molecule has 0 aliphatic rings. The van der Waals surface area contributed by atoms with Crippen LogP contribution in [-0.2, 0) is 16.3 Å². The molecule has 19 heavy (non-hydrogen) atoms. The summed E-state index contributed by atoms with van der Waals surface area (Å²) < 4.78 is 21.2. The first-order valence-corrected chi connectivity index (χ1v) is 8.02. The molecule has 0 aromatic carbocycles. The van der Waals surface area contributed by atoms with Gasteiger partial charge >= 0.3 is 0 Å². The quantitative estimate of drug-likeness (QED) is 0.909. The van der Waals surface area contributed by atoms with Crippen molar-refractivity contribution >= 4 is 26.2 Å². The second-order valence-corrected chi connectivity index (χ2v) is 7.08. The lowest BCUT2D eigenvalue weighted by Crippen LogP contribution is -2.01. The van der Waals surface area contributed by atoms with Gasteiger partial charge in [-0.05, 0) is 23.5 Å². The van der Waals surface area contributed by atoms with Crippen molar-refractivity contribution in [3.63, 3.8) is 0 Å². The Morgan fingerprint density at radius 3 is 2.79 bits per heavy atom. The average molecular weight is 299 g/mol. The van der Waals surface area contributed by atoms with Crippen molar-refractivity contribution in [3.05, 3.63) is 24.0 Å². The minimum atomic E-state index is -2.34. The Morgan fingerprint density at radius 2 is 2.26 bits per heavy atom. The summed E-state index contributed by atoms with van der Waals surface area (Å²) in [7, 11) is -0.817. The molecule has 0 saturated carbocycles. The van der Waals surface area contributed by atoms with Crippen molar-refractivity contribution in [1.29, 1.82) is 0 Å². The SMILES string of the molecule is CN=S(C)(=O)c1ccc(COc2nnc(N)s2)nc1. The van der Waals surface area contributed by atoms with E-state index in [9.17, 15) is 4.21 Å². The number of nitrogen functional groups attached to an aromatic ring is 1. The van der Waals surface area contributed by atoms with E-state index in [-0.39, 0.29) is 6.61 Å². The monoisotopic (exact) mass is 299 g/mol. The zero-order chi connectivity index (χ0) is 13.9. The third-order valence-electron chi connectivity index (χ3n) is 2.35. The summed E-state index contributed by atoms with van der Waals surface area (Å²) >= 11 is 1.16. The molecule has 2 aromatic heterocycles. The van der Waals surface area contributed by atoms with E-state index in [1.54, 1.807) is 24.6 Å². The molecule has 7 nitrogen and oxygen atoms in total. The van der Waals surface area contributed by atoms with Crippen LogP contribution in [0.25, 0.3) is 0 Å². The zero-order valence-electron chi connectivity index (χ0n) is 10.4. The maximum absolute atomic E-state index is 12.0. The fraction of sp³-hybridized carbons (Fsp3) is 0.300. The highest BCUT2D eigenvalue weighted by Crippen LogP contribution is 2.20. The van der Waals surface area contributed by atoms with Crippen molar-refractivity contribution in [2.45, 2.75) is 11.5 Å². The average Bonchev–Trinajstić information content (AvgIpc) is 2.83. The Balaban J connectivity index is 2.05. The molecule has 2 N–H and O–H groups in total. The molecule has 9 heteroatoms. The third kappa shape index (κ3) is 3.38. The molecule has 0 bridgehead atoms. The van der Waals surface area contributed by atoms with Crippen LogP contribution in [0.2, 0.25) is 0 Å². The lowest BCUT2D eigenvalue weighted by Gasteiger charge is -2.04. The molecule has 0 aliphatic heterocycles. The van der Waals surface area contributed by atoms with Crippen molar-refractivity contribution in [3.8, 4) is 5.19 Å². The number of ether oxygens (including phenoxy) is 1. The summed E-state index contributed by atoms with van der Waals surface area (Å²) in [5, 5.41) is 8.12. The summed E-state index contributed by atoms with van der Waals surface area (Å²) in [6.07, 6.45) is 3.12. The highest BCUT2D eigenvalue weighted by Gasteiger charge is 2.07. The fourth-order valence-electron chi connectivity index (χ4n) is 1.24. The van der Waals surface area contributed by atoms with E-state index in [0.29, 0.717) is 20.9 Å². The molecule has 1 unspecified atom stereocenters. The number of nitrogens with two attached hydrogens (primary N) is 1. The van der Waals surface area contributed by atoms with Crippen molar-refractivity contribution in [2.75, 3.05) is 19.0 Å². The van der Waals surface area contributed by atoms with Gasteiger partial charge < -0.3 is 10.5 Å². The predicted octanol–water partition coefficient (Wildman–Crippen LogP) is 1.18. The number of aromatic nitrogens is 3. The topological polar surface area (TPSA) is 103 Å². The first-order valence-electron chi connectivity index (χ1n) is 5.28. The molecular weight excluding hydrogens is 286 g/mol. The van der Waals surface area contributed by atoms with Gasteiger partial charge in [-0.15, -0.1) is 5.10 Å². The number of hydrogen-bond acceptors (Lipinski definition) is 8. The van der Waals surface area contributed by atoms with Gasteiger partial charge in [0.1, 0.15) is 6.61 Å². The van der Waals surface area contributed by atoms with Gasteiger partial charge in [-0.2, -0.15) is 0 Å². The van der Waals surface area contributed by atoms with E-state index in [1.165, 1.54) is 7.05 Å². The standard InChI is InChI=1S/C10H13N5O2S2/c1-12-19(2,16)8-4-3-7(13-5-8)6-17-10-15-14-9(11)18-10/h3-5H,6H2,1-2H3,(H2,11,14). The number of rotatable bonds is 4. The normalized spacial score (nSPS) is 13.8. The van der Waals surface area contributed by atoms with Gasteiger partial charge in [0, 0.05) is 19.5 Å². The van der Waals surface area contributed by atoms with Crippen LogP contribution < -0.4 is 10.5 Å². The second kappa shape index (κ2) is 5.49. The second-order valence-electron chi connectivity index (χ2n) is 3.67. The highest BCUT2D eigenvalue weighted by atomic mass is 32.2. The zero-order valence-corrected chi connectivity index (χ0v) is 12.1. The van der Waals surface area contributed by atoms with Gasteiger partial charge in [0.15, 0.2) is 0 Å². The van der Waals surface area contributed by atoms with Crippen LogP contribution in [0.1, 0.15) is 5.69 Å². The molecular formula is C10H13N5O2S2. The van der Waals surface area contributed by atoms with E-state index in [2.05, 4.69) is 19.5 Å². The Labute approximate surface area is 115 Å². The molecule has 2 aromatic rings. The molecule has 1 atom stereocenters. The van der Waals surface area contributed by atoms with Gasteiger partial charge in [-0.25, -0.2) is 8.57 Å². The molecule has 0 radical (unpaired) electrons. The van der Waals surface area contributed by atoms with Crippen LogP contribution in [0, 0.1) is 0 Å². The van der Waals surface area contributed by atoms with Gasteiger partial charge in [0.25, 0.3) is 5.19 Å². The summed E-state index contributed by atoms with van der Waals surface area (Å²) in [5.41, 5.74) is 6.14. The molecule has 0 amide bonds. The lowest BCUT2D eigenvalue weighted by atomic mass is 10.4.